The third kappa shape index (κ3) is 4.31. The number of benzene rings is 2. The summed E-state index contributed by atoms with van der Waals surface area (Å²) in [5.74, 6) is -2.67. The molecule has 132 valence electrons. The van der Waals surface area contributed by atoms with Gasteiger partial charge in [-0.1, -0.05) is 42.5 Å². The first-order valence-corrected chi connectivity index (χ1v) is 8.38. The lowest BCUT2D eigenvalue weighted by atomic mass is 9.99. The highest BCUT2D eigenvalue weighted by atomic mass is 32.2. The minimum atomic E-state index is -4.95. The van der Waals surface area contributed by atoms with Crippen LogP contribution in [0, 0.1) is 10.1 Å². The highest BCUT2D eigenvalue weighted by molar-refractivity contribution is 7.87. The molecule has 0 fully saturated rings. The smallest absolute Gasteiger partial charge is 0.360 e. The SMILES string of the molecule is O=C(O)[C@H](CN(c1ccccc1[N+](=O)[O-])S(=O)(=O)O)c1ccccc1. The summed E-state index contributed by atoms with van der Waals surface area (Å²) in [4.78, 5) is 21.9. The molecule has 2 N–H and O–H groups in total. The Morgan fingerprint density at radius 3 is 2.20 bits per heavy atom. The van der Waals surface area contributed by atoms with Gasteiger partial charge in [-0.15, -0.1) is 0 Å². The molecular formula is C15H14N2O7S. The van der Waals surface area contributed by atoms with Crippen molar-refractivity contribution in [1.29, 1.82) is 0 Å². The topological polar surface area (TPSA) is 138 Å². The average Bonchev–Trinajstić information content (AvgIpc) is 2.55. The summed E-state index contributed by atoms with van der Waals surface area (Å²) in [5.41, 5.74) is -0.697. The van der Waals surface area contributed by atoms with Crippen LogP contribution in [-0.2, 0) is 15.1 Å². The molecule has 0 aliphatic carbocycles. The predicted octanol–water partition coefficient (Wildman–Crippen LogP) is 2.07. The number of hydrogen-bond donors (Lipinski definition) is 2. The van der Waals surface area contributed by atoms with Crippen molar-refractivity contribution in [3.05, 3.63) is 70.3 Å². The van der Waals surface area contributed by atoms with Gasteiger partial charge in [-0.25, -0.2) is 4.31 Å². The number of carboxylic acids is 1. The van der Waals surface area contributed by atoms with Crippen LogP contribution >= 0.6 is 0 Å². The molecule has 0 spiro atoms. The number of carbonyl (C=O) groups is 1. The first kappa shape index (κ1) is 18.4. The molecule has 2 aromatic rings. The number of aliphatic carboxylic acids is 1. The zero-order valence-corrected chi connectivity index (χ0v) is 13.5. The maximum atomic E-state index is 11.8. The van der Waals surface area contributed by atoms with E-state index in [0.29, 0.717) is 9.87 Å². The largest absolute Gasteiger partial charge is 0.481 e. The summed E-state index contributed by atoms with van der Waals surface area (Å²) in [5, 5.41) is 20.6. The van der Waals surface area contributed by atoms with Crippen LogP contribution in [0.25, 0.3) is 0 Å². The van der Waals surface area contributed by atoms with E-state index in [9.17, 15) is 33.0 Å². The van der Waals surface area contributed by atoms with Gasteiger partial charge in [-0.3, -0.25) is 19.5 Å². The van der Waals surface area contributed by atoms with Crippen molar-refractivity contribution in [2.45, 2.75) is 5.92 Å². The van der Waals surface area contributed by atoms with E-state index in [2.05, 4.69) is 0 Å². The zero-order chi connectivity index (χ0) is 18.6. The Bertz CT molecular complexity index is 884. The fourth-order valence-corrected chi connectivity index (χ4v) is 3.06. The molecule has 0 bridgehead atoms. The Morgan fingerprint density at radius 2 is 1.68 bits per heavy atom. The fraction of sp³-hybridized carbons (Fsp3) is 0.133. The summed E-state index contributed by atoms with van der Waals surface area (Å²) in [6, 6.07) is 12.6. The van der Waals surface area contributed by atoms with E-state index in [1.54, 1.807) is 18.2 Å². The third-order valence-electron chi connectivity index (χ3n) is 3.47. The molecular weight excluding hydrogens is 352 g/mol. The second kappa shape index (κ2) is 7.28. The molecule has 9 nitrogen and oxygen atoms in total. The lowest BCUT2D eigenvalue weighted by molar-refractivity contribution is -0.384. The van der Waals surface area contributed by atoms with E-state index < -0.39 is 45.0 Å². The maximum Gasteiger partial charge on any atom is 0.360 e. The van der Waals surface area contributed by atoms with Crippen molar-refractivity contribution < 1.29 is 27.8 Å². The van der Waals surface area contributed by atoms with E-state index >= 15 is 0 Å². The van der Waals surface area contributed by atoms with Crippen LogP contribution in [0.4, 0.5) is 11.4 Å². The second-order valence-electron chi connectivity index (χ2n) is 5.06. The molecule has 0 radical (unpaired) electrons. The van der Waals surface area contributed by atoms with Crippen LogP contribution in [0.5, 0.6) is 0 Å². The molecule has 10 heteroatoms. The molecule has 0 aromatic heterocycles. The first-order valence-electron chi connectivity index (χ1n) is 6.98. The van der Waals surface area contributed by atoms with E-state index in [4.69, 9.17) is 0 Å². The number of anilines is 1. The number of nitrogens with zero attached hydrogens (tertiary/aromatic N) is 2. The summed E-state index contributed by atoms with van der Waals surface area (Å²) in [6.45, 7) is -0.705. The number of carboxylic acid groups (broad SMARTS) is 1. The van der Waals surface area contributed by atoms with Crippen LogP contribution in [0.15, 0.2) is 54.6 Å². The van der Waals surface area contributed by atoms with Gasteiger partial charge in [0, 0.05) is 6.07 Å². The van der Waals surface area contributed by atoms with Gasteiger partial charge < -0.3 is 5.11 Å². The van der Waals surface area contributed by atoms with Gasteiger partial charge in [0.25, 0.3) is 5.69 Å². The molecule has 1 atom stereocenters. The lowest BCUT2D eigenvalue weighted by Crippen LogP contribution is -2.37. The van der Waals surface area contributed by atoms with Crippen molar-refractivity contribution in [2.24, 2.45) is 0 Å². The molecule has 0 unspecified atom stereocenters. The number of nitro groups is 1. The molecule has 0 amide bonds. The van der Waals surface area contributed by atoms with Gasteiger partial charge in [-0.2, -0.15) is 8.42 Å². The molecule has 0 aliphatic heterocycles. The Morgan fingerprint density at radius 1 is 1.12 bits per heavy atom. The van der Waals surface area contributed by atoms with Crippen molar-refractivity contribution in [3.8, 4) is 0 Å². The van der Waals surface area contributed by atoms with Gasteiger partial charge >= 0.3 is 16.3 Å². The molecule has 2 aromatic carbocycles. The van der Waals surface area contributed by atoms with Crippen molar-refractivity contribution in [3.63, 3.8) is 0 Å². The van der Waals surface area contributed by atoms with Crippen LogP contribution in [-0.4, -0.2) is 35.5 Å². The average molecular weight is 366 g/mol. The van der Waals surface area contributed by atoms with Gasteiger partial charge in [-0.05, 0) is 11.6 Å². The highest BCUT2D eigenvalue weighted by Crippen LogP contribution is 2.31. The minimum Gasteiger partial charge on any atom is -0.481 e. The fourth-order valence-electron chi connectivity index (χ4n) is 2.32. The van der Waals surface area contributed by atoms with Crippen LogP contribution in [0.1, 0.15) is 11.5 Å². The van der Waals surface area contributed by atoms with E-state index in [1.165, 1.54) is 24.3 Å². The molecule has 25 heavy (non-hydrogen) atoms. The number of hydrogen-bond acceptors (Lipinski definition) is 5. The van der Waals surface area contributed by atoms with Gasteiger partial charge in [0.15, 0.2) is 0 Å². The number of nitro benzene ring substituents is 1. The first-order chi connectivity index (χ1) is 11.7. The third-order valence-corrected chi connectivity index (χ3v) is 4.38. The Balaban J connectivity index is 2.53. The molecule has 0 saturated carbocycles. The van der Waals surface area contributed by atoms with Crippen molar-refractivity contribution in [1.82, 2.24) is 0 Å². The van der Waals surface area contributed by atoms with E-state index in [-0.39, 0.29) is 0 Å². The predicted molar refractivity (Wildman–Crippen MR) is 88.8 cm³/mol. The van der Waals surface area contributed by atoms with Crippen LogP contribution in [0.3, 0.4) is 0 Å². The summed E-state index contributed by atoms with van der Waals surface area (Å²) in [6.07, 6.45) is 0. The minimum absolute atomic E-state index is 0.294. The number of rotatable bonds is 7. The molecule has 0 aliphatic rings. The van der Waals surface area contributed by atoms with E-state index in [1.807, 2.05) is 0 Å². The van der Waals surface area contributed by atoms with Crippen LogP contribution < -0.4 is 4.31 Å². The summed E-state index contributed by atoms with van der Waals surface area (Å²) >= 11 is 0. The highest BCUT2D eigenvalue weighted by Gasteiger charge is 2.32. The molecule has 2 rings (SSSR count). The Hall–Kier alpha value is -2.98. The van der Waals surface area contributed by atoms with Crippen molar-refractivity contribution in [2.75, 3.05) is 10.8 Å². The molecule has 0 saturated heterocycles. The maximum absolute atomic E-state index is 11.8. The standard InChI is InChI=1S/C15H14N2O7S/c18-15(19)12(11-6-2-1-3-7-11)10-16(25(22,23)24)13-8-4-5-9-14(13)17(20)21/h1-9,12H,10H2,(H,18,19)(H,22,23,24)/t12-/m1/s1. The zero-order valence-electron chi connectivity index (χ0n) is 12.7. The normalized spacial score (nSPS) is 12.4. The van der Waals surface area contributed by atoms with Gasteiger partial charge in [0.2, 0.25) is 0 Å². The summed E-state index contributed by atoms with van der Waals surface area (Å²) < 4.78 is 33.3. The lowest BCUT2D eigenvalue weighted by Gasteiger charge is -2.24. The summed E-state index contributed by atoms with van der Waals surface area (Å²) in [7, 11) is -4.95. The van der Waals surface area contributed by atoms with Gasteiger partial charge in [0.1, 0.15) is 11.6 Å². The molecule has 0 heterocycles. The second-order valence-corrected chi connectivity index (χ2v) is 6.39. The van der Waals surface area contributed by atoms with Crippen molar-refractivity contribution >= 4 is 27.6 Å². The Labute approximate surface area is 143 Å². The monoisotopic (exact) mass is 366 g/mol. The Kier molecular flexibility index (Phi) is 5.35. The van der Waals surface area contributed by atoms with Gasteiger partial charge in [0.05, 0.1) is 11.5 Å². The number of para-hydroxylation sites is 2. The van der Waals surface area contributed by atoms with Crippen LogP contribution in [0.2, 0.25) is 0 Å². The quantitative estimate of drug-likeness (QED) is 0.434. The van der Waals surface area contributed by atoms with E-state index in [0.717, 1.165) is 12.1 Å².